The number of carboxylic acid groups (broad SMARTS) is 1. The molecule has 1 saturated heterocycles. The standard InChI is InChI=1S/C14H16N2O5/c1-9(14(18)19)11-7-15(8-11)13(17)6-10-3-2-4-12(5-10)16(20)21/h2-5,9,11H,6-8H2,1H3,(H,18,19). The zero-order valence-corrected chi connectivity index (χ0v) is 11.6. The lowest BCUT2D eigenvalue weighted by Crippen LogP contribution is -2.53. The van der Waals surface area contributed by atoms with Gasteiger partial charge in [-0.25, -0.2) is 0 Å². The van der Waals surface area contributed by atoms with Gasteiger partial charge in [0.25, 0.3) is 5.69 Å². The van der Waals surface area contributed by atoms with Gasteiger partial charge in [-0.05, 0) is 5.56 Å². The van der Waals surface area contributed by atoms with Crippen molar-refractivity contribution in [1.82, 2.24) is 4.90 Å². The Bertz CT molecular complexity index is 580. The molecule has 0 aromatic heterocycles. The first kappa shape index (κ1) is 15.0. The summed E-state index contributed by atoms with van der Waals surface area (Å²) in [6, 6.07) is 5.98. The van der Waals surface area contributed by atoms with Crippen molar-refractivity contribution in [3.8, 4) is 0 Å². The maximum Gasteiger partial charge on any atom is 0.306 e. The Morgan fingerprint density at radius 2 is 2.14 bits per heavy atom. The lowest BCUT2D eigenvalue weighted by Gasteiger charge is -2.41. The van der Waals surface area contributed by atoms with Crippen molar-refractivity contribution in [2.24, 2.45) is 11.8 Å². The van der Waals surface area contributed by atoms with Gasteiger partial charge in [-0.1, -0.05) is 19.1 Å². The highest BCUT2D eigenvalue weighted by Gasteiger charge is 2.36. The van der Waals surface area contributed by atoms with E-state index in [0.29, 0.717) is 18.7 Å². The Morgan fingerprint density at radius 1 is 1.48 bits per heavy atom. The number of hydrogen-bond donors (Lipinski definition) is 1. The molecule has 1 aliphatic rings. The molecular formula is C14H16N2O5. The van der Waals surface area contributed by atoms with Crippen molar-refractivity contribution in [2.75, 3.05) is 13.1 Å². The number of carbonyl (C=O) groups is 2. The maximum atomic E-state index is 12.0. The average Bonchev–Trinajstić information content (AvgIpc) is 2.36. The minimum absolute atomic E-state index is 0.0171. The van der Waals surface area contributed by atoms with Crippen LogP contribution in [0.4, 0.5) is 5.69 Å². The molecule has 0 radical (unpaired) electrons. The first-order valence-electron chi connectivity index (χ1n) is 6.62. The summed E-state index contributed by atoms with van der Waals surface area (Å²) in [4.78, 5) is 34.6. The normalized spacial score (nSPS) is 16.1. The third-order valence-corrected chi connectivity index (χ3v) is 3.84. The Labute approximate surface area is 121 Å². The quantitative estimate of drug-likeness (QED) is 0.651. The van der Waals surface area contributed by atoms with Crippen LogP contribution in [0.15, 0.2) is 24.3 Å². The molecule has 0 aliphatic carbocycles. The van der Waals surface area contributed by atoms with E-state index in [-0.39, 0.29) is 23.9 Å². The highest BCUT2D eigenvalue weighted by atomic mass is 16.6. The van der Waals surface area contributed by atoms with E-state index >= 15 is 0 Å². The molecule has 1 N–H and O–H groups in total. The maximum absolute atomic E-state index is 12.0. The Kier molecular flexibility index (Phi) is 4.21. The number of carbonyl (C=O) groups excluding carboxylic acids is 1. The molecule has 1 fully saturated rings. The van der Waals surface area contributed by atoms with Crippen LogP contribution >= 0.6 is 0 Å². The number of non-ortho nitro benzene ring substituents is 1. The van der Waals surface area contributed by atoms with E-state index in [1.807, 2.05) is 0 Å². The van der Waals surface area contributed by atoms with Crippen LogP contribution in [0.3, 0.4) is 0 Å². The van der Waals surface area contributed by atoms with Crippen molar-refractivity contribution in [2.45, 2.75) is 13.3 Å². The molecule has 1 unspecified atom stereocenters. The number of benzene rings is 1. The smallest absolute Gasteiger partial charge is 0.306 e. The highest BCUT2D eigenvalue weighted by molar-refractivity contribution is 5.80. The third kappa shape index (κ3) is 3.36. The second-order valence-electron chi connectivity index (χ2n) is 5.29. The van der Waals surface area contributed by atoms with E-state index in [0.717, 1.165) is 0 Å². The summed E-state index contributed by atoms with van der Waals surface area (Å²) in [6.07, 6.45) is 0.0931. The van der Waals surface area contributed by atoms with Gasteiger partial charge in [-0.15, -0.1) is 0 Å². The fraction of sp³-hybridized carbons (Fsp3) is 0.429. The number of rotatable bonds is 5. The first-order chi connectivity index (χ1) is 9.88. The van der Waals surface area contributed by atoms with E-state index in [1.165, 1.54) is 12.1 Å². The zero-order valence-electron chi connectivity index (χ0n) is 11.6. The summed E-state index contributed by atoms with van der Waals surface area (Å²) in [5, 5.41) is 19.6. The van der Waals surface area contributed by atoms with Crippen molar-refractivity contribution in [3.63, 3.8) is 0 Å². The summed E-state index contributed by atoms with van der Waals surface area (Å²) >= 11 is 0. The van der Waals surface area contributed by atoms with Gasteiger partial charge in [0.05, 0.1) is 17.3 Å². The lowest BCUT2D eigenvalue weighted by molar-refractivity contribution is -0.384. The molecule has 1 aromatic carbocycles. The fourth-order valence-electron chi connectivity index (χ4n) is 2.30. The van der Waals surface area contributed by atoms with Crippen LogP contribution in [-0.4, -0.2) is 39.9 Å². The number of nitro benzene ring substituents is 1. The molecule has 7 nitrogen and oxygen atoms in total. The number of nitro groups is 1. The molecular weight excluding hydrogens is 276 g/mol. The number of carboxylic acids is 1. The Balaban J connectivity index is 1.91. The summed E-state index contributed by atoms with van der Waals surface area (Å²) in [6.45, 7) is 2.50. The van der Waals surface area contributed by atoms with Crippen LogP contribution in [0, 0.1) is 22.0 Å². The topological polar surface area (TPSA) is 101 Å². The van der Waals surface area contributed by atoms with Crippen molar-refractivity contribution in [1.29, 1.82) is 0 Å². The monoisotopic (exact) mass is 292 g/mol. The molecule has 0 bridgehead atoms. The van der Waals surface area contributed by atoms with Gasteiger partial charge in [-0.3, -0.25) is 19.7 Å². The van der Waals surface area contributed by atoms with Crippen LogP contribution in [0.25, 0.3) is 0 Å². The molecule has 0 spiro atoms. The summed E-state index contributed by atoms with van der Waals surface area (Å²) in [5.74, 6) is -1.47. The Morgan fingerprint density at radius 3 is 2.71 bits per heavy atom. The van der Waals surface area contributed by atoms with Crippen LogP contribution in [0.5, 0.6) is 0 Å². The van der Waals surface area contributed by atoms with E-state index in [4.69, 9.17) is 5.11 Å². The van der Waals surface area contributed by atoms with Gasteiger partial charge in [0.1, 0.15) is 0 Å². The first-order valence-corrected chi connectivity index (χ1v) is 6.62. The van der Waals surface area contributed by atoms with Crippen LogP contribution in [0.1, 0.15) is 12.5 Å². The molecule has 112 valence electrons. The van der Waals surface area contributed by atoms with E-state index in [1.54, 1.807) is 24.0 Å². The van der Waals surface area contributed by atoms with Crippen LogP contribution in [-0.2, 0) is 16.0 Å². The number of nitrogens with zero attached hydrogens (tertiary/aromatic N) is 2. The predicted molar refractivity (Wildman–Crippen MR) is 73.7 cm³/mol. The van der Waals surface area contributed by atoms with E-state index in [9.17, 15) is 19.7 Å². The largest absolute Gasteiger partial charge is 0.481 e. The van der Waals surface area contributed by atoms with Gasteiger partial charge in [0.2, 0.25) is 5.91 Å². The molecule has 1 amide bonds. The minimum Gasteiger partial charge on any atom is -0.481 e. The van der Waals surface area contributed by atoms with E-state index in [2.05, 4.69) is 0 Å². The van der Waals surface area contributed by atoms with Gasteiger partial charge >= 0.3 is 5.97 Å². The van der Waals surface area contributed by atoms with Gasteiger partial charge in [-0.2, -0.15) is 0 Å². The molecule has 7 heteroatoms. The number of hydrogen-bond acceptors (Lipinski definition) is 4. The summed E-state index contributed by atoms with van der Waals surface area (Å²) in [7, 11) is 0. The minimum atomic E-state index is -0.856. The van der Waals surface area contributed by atoms with E-state index < -0.39 is 16.8 Å². The van der Waals surface area contributed by atoms with Gasteiger partial charge in [0, 0.05) is 31.1 Å². The van der Waals surface area contributed by atoms with Crippen LogP contribution < -0.4 is 0 Å². The number of amides is 1. The van der Waals surface area contributed by atoms with Gasteiger partial charge in [0.15, 0.2) is 0 Å². The van der Waals surface area contributed by atoms with Crippen molar-refractivity contribution < 1.29 is 19.6 Å². The summed E-state index contributed by atoms with van der Waals surface area (Å²) in [5.41, 5.74) is 0.546. The third-order valence-electron chi connectivity index (χ3n) is 3.84. The molecule has 1 heterocycles. The molecule has 1 atom stereocenters. The number of aliphatic carboxylic acids is 1. The second kappa shape index (κ2) is 5.90. The second-order valence-corrected chi connectivity index (χ2v) is 5.29. The lowest BCUT2D eigenvalue weighted by atomic mass is 9.87. The number of likely N-dealkylation sites (tertiary alicyclic amines) is 1. The predicted octanol–water partition coefficient (Wildman–Crippen LogP) is 1.32. The zero-order chi connectivity index (χ0) is 15.6. The molecule has 1 aromatic rings. The van der Waals surface area contributed by atoms with Crippen molar-refractivity contribution in [3.05, 3.63) is 39.9 Å². The SMILES string of the molecule is CC(C(=O)O)C1CN(C(=O)Cc2cccc([N+](=O)[O-])c2)C1. The Hall–Kier alpha value is -2.44. The average molecular weight is 292 g/mol. The summed E-state index contributed by atoms with van der Waals surface area (Å²) < 4.78 is 0. The molecule has 2 rings (SSSR count). The van der Waals surface area contributed by atoms with Crippen LogP contribution in [0.2, 0.25) is 0 Å². The highest BCUT2D eigenvalue weighted by Crippen LogP contribution is 2.25. The van der Waals surface area contributed by atoms with Gasteiger partial charge < -0.3 is 10.0 Å². The molecule has 0 saturated carbocycles. The molecule has 1 aliphatic heterocycles. The van der Waals surface area contributed by atoms with Crippen molar-refractivity contribution >= 4 is 17.6 Å². The molecule has 21 heavy (non-hydrogen) atoms. The fourth-order valence-corrected chi connectivity index (χ4v) is 2.30.